The number of aryl methyl sites for hydroxylation is 1. The minimum Gasteiger partial charge on any atom is -0.249 e. The van der Waals surface area contributed by atoms with Crippen molar-refractivity contribution in [2.24, 2.45) is 0 Å². The highest BCUT2D eigenvalue weighted by Crippen LogP contribution is 2.07. The lowest BCUT2D eigenvalue weighted by atomic mass is 10.4. The van der Waals surface area contributed by atoms with Crippen LogP contribution in [-0.4, -0.2) is 4.98 Å². The molecule has 0 aromatic carbocycles. The SMILES string of the molecule is [CH2]c1ncsc1C. The Balaban J connectivity index is 3.12. The molecule has 1 nitrogen and oxygen atoms in total. The van der Waals surface area contributed by atoms with Crippen LogP contribution in [0.2, 0.25) is 0 Å². The molecule has 0 saturated heterocycles. The van der Waals surface area contributed by atoms with Gasteiger partial charge in [0.25, 0.3) is 0 Å². The van der Waals surface area contributed by atoms with E-state index in [0.717, 1.165) is 5.69 Å². The van der Waals surface area contributed by atoms with Gasteiger partial charge in [0.15, 0.2) is 0 Å². The van der Waals surface area contributed by atoms with Gasteiger partial charge in [-0.05, 0) is 13.8 Å². The van der Waals surface area contributed by atoms with Crippen LogP contribution in [0.5, 0.6) is 0 Å². The van der Waals surface area contributed by atoms with Gasteiger partial charge < -0.3 is 0 Å². The Hall–Kier alpha value is -0.370. The molecule has 0 fully saturated rings. The van der Waals surface area contributed by atoms with Gasteiger partial charge >= 0.3 is 0 Å². The molecule has 0 spiro atoms. The first-order valence-corrected chi connectivity index (χ1v) is 2.90. The van der Waals surface area contributed by atoms with Gasteiger partial charge in [0.1, 0.15) is 0 Å². The van der Waals surface area contributed by atoms with Crippen LogP contribution in [0, 0.1) is 13.8 Å². The van der Waals surface area contributed by atoms with Crippen molar-refractivity contribution in [2.45, 2.75) is 6.92 Å². The normalized spacial score (nSPS) is 9.43. The summed E-state index contributed by atoms with van der Waals surface area (Å²) < 4.78 is 0. The van der Waals surface area contributed by atoms with Crippen LogP contribution in [0.4, 0.5) is 0 Å². The zero-order chi connectivity index (χ0) is 5.28. The number of rotatable bonds is 0. The molecule has 0 atom stereocenters. The monoisotopic (exact) mass is 112 g/mol. The van der Waals surface area contributed by atoms with Gasteiger partial charge in [-0.15, -0.1) is 11.3 Å². The van der Waals surface area contributed by atoms with Crippen molar-refractivity contribution in [3.63, 3.8) is 0 Å². The van der Waals surface area contributed by atoms with Crippen molar-refractivity contribution in [3.05, 3.63) is 23.0 Å². The molecule has 0 bridgehead atoms. The van der Waals surface area contributed by atoms with E-state index >= 15 is 0 Å². The predicted octanol–water partition coefficient (Wildman–Crippen LogP) is 1.63. The summed E-state index contributed by atoms with van der Waals surface area (Å²) in [5, 5.41) is 0. The predicted molar refractivity (Wildman–Crippen MR) is 31.3 cm³/mol. The average molecular weight is 112 g/mol. The van der Waals surface area contributed by atoms with Crippen LogP contribution in [-0.2, 0) is 0 Å². The summed E-state index contributed by atoms with van der Waals surface area (Å²) in [6.07, 6.45) is 0. The maximum Gasteiger partial charge on any atom is 0.0797 e. The molecule has 37 valence electrons. The van der Waals surface area contributed by atoms with E-state index in [4.69, 9.17) is 0 Å². The lowest BCUT2D eigenvalue weighted by Crippen LogP contribution is -1.68. The van der Waals surface area contributed by atoms with Gasteiger partial charge in [0.2, 0.25) is 0 Å². The largest absolute Gasteiger partial charge is 0.249 e. The first-order chi connectivity index (χ1) is 3.30. The highest BCUT2D eigenvalue weighted by atomic mass is 32.1. The Bertz CT molecular complexity index is 140. The first-order valence-electron chi connectivity index (χ1n) is 2.03. The molecule has 1 aromatic heterocycles. The van der Waals surface area contributed by atoms with Gasteiger partial charge in [-0.1, -0.05) is 0 Å². The van der Waals surface area contributed by atoms with Crippen molar-refractivity contribution in [3.8, 4) is 0 Å². The summed E-state index contributed by atoms with van der Waals surface area (Å²) in [4.78, 5) is 5.13. The average Bonchev–Trinajstić information content (AvgIpc) is 1.91. The summed E-state index contributed by atoms with van der Waals surface area (Å²) >= 11 is 1.63. The molecular weight excluding hydrogens is 106 g/mol. The van der Waals surface area contributed by atoms with Crippen LogP contribution in [0.15, 0.2) is 5.51 Å². The number of thiazole rings is 1. The molecule has 1 heterocycles. The van der Waals surface area contributed by atoms with E-state index in [1.165, 1.54) is 4.88 Å². The smallest absolute Gasteiger partial charge is 0.0797 e. The lowest BCUT2D eigenvalue weighted by Gasteiger charge is -1.77. The zero-order valence-corrected chi connectivity index (χ0v) is 4.96. The maximum absolute atomic E-state index is 3.92. The van der Waals surface area contributed by atoms with E-state index in [0.29, 0.717) is 0 Å². The highest BCUT2D eigenvalue weighted by Gasteiger charge is 1.89. The fourth-order valence-corrected chi connectivity index (χ4v) is 0.855. The summed E-state index contributed by atoms with van der Waals surface area (Å²) in [6.45, 7) is 5.69. The van der Waals surface area contributed by atoms with Gasteiger partial charge in [-0.25, -0.2) is 4.98 Å². The minimum absolute atomic E-state index is 0.907. The Morgan fingerprint density at radius 3 is 2.71 bits per heavy atom. The number of hydrogen-bond donors (Lipinski definition) is 0. The number of nitrogens with zero attached hydrogens (tertiary/aromatic N) is 1. The molecule has 0 unspecified atom stereocenters. The molecule has 0 aliphatic carbocycles. The summed E-state index contributed by atoms with van der Waals surface area (Å²) in [5.74, 6) is 0. The van der Waals surface area contributed by atoms with E-state index in [1.54, 1.807) is 16.8 Å². The third-order valence-electron chi connectivity index (χ3n) is 0.844. The Kier molecular flexibility index (Phi) is 1.11. The zero-order valence-electron chi connectivity index (χ0n) is 4.14. The molecule has 1 rings (SSSR count). The Morgan fingerprint density at radius 1 is 1.86 bits per heavy atom. The fourth-order valence-electron chi connectivity index (χ4n) is 0.328. The van der Waals surface area contributed by atoms with Crippen LogP contribution in [0.1, 0.15) is 10.6 Å². The maximum atomic E-state index is 3.92. The van der Waals surface area contributed by atoms with E-state index in [1.807, 2.05) is 6.92 Å². The van der Waals surface area contributed by atoms with Crippen LogP contribution in [0.3, 0.4) is 0 Å². The fraction of sp³-hybridized carbons (Fsp3) is 0.200. The number of aromatic nitrogens is 1. The standard InChI is InChI=1S/C5H6NS/c1-4-5(2)7-3-6-4/h3H,1H2,2H3. The quantitative estimate of drug-likeness (QED) is 0.497. The summed E-state index contributed by atoms with van der Waals surface area (Å²) in [7, 11) is 0. The van der Waals surface area contributed by atoms with Crippen molar-refractivity contribution < 1.29 is 0 Å². The van der Waals surface area contributed by atoms with Crippen molar-refractivity contribution >= 4 is 11.3 Å². The van der Waals surface area contributed by atoms with Crippen LogP contribution < -0.4 is 0 Å². The Morgan fingerprint density at radius 2 is 2.57 bits per heavy atom. The third kappa shape index (κ3) is 0.800. The van der Waals surface area contributed by atoms with Crippen LogP contribution in [0.25, 0.3) is 0 Å². The van der Waals surface area contributed by atoms with E-state index < -0.39 is 0 Å². The first kappa shape index (κ1) is 4.78. The topological polar surface area (TPSA) is 12.9 Å². The molecule has 1 radical (unpaired) electrons. The second-order valence-corrected chi connectivity index (χ2v) is 2.41. The third-order valence-corrected chi connectivity index (χ3v) is 1.64. The summed E-state index contributed by atoms with van der Waals surface area (Å²) in [6, 6.07) is 0. The van der Waals surface area contributed by atoms with E-state index in [-0.39, 0.29) is 0 Å². The van der Waals surface area contributed by atoms with Crippen molar-refractivity contribution in [1.82, 2.24) is 4.98 Å². The number of hydrogen-bond acceptors (Lipinski definition) is 2. The van der Waals surface area contributed by atoms with Crippen LogP contribution >= 0.6 is 11.3 Å². The highest BCUT2D eigenvalue weighted by molar-refractivity contribution is 7.09. The lowest BCUT2D eigenvalue weighted by molar-refractivity contribution is 1.31. The van der Waals surface area contributed by atoms with E-state index in [9.17, 15) is 0 Å². The molecule has 0 amide bonds. The molecule has 0 aliphatic rings. The molecule has 7 heavy (non-hydrogen) atoms. The minimum atomic E-state index is 0.907. The van der Waals surface area contributed by atoms with Crippen molar-refractivity contribution in [2.75, 3.05) is 0 Å². The molecule has 1 aromatic rings. The van der Waals surface area contributed by atoms with Gasteiger partial charge in [-0.2, -0.15) is 0 Å². The van der Waals surface area contributed by atoms with Gasteiger partial charge in [-0.3, -0.25) is 0 Å². The molecule has 0 aliphatic heterocycles. The Labute approximate surface area is 47.0 Å². The second kappa shape index (κ2) is 1.62. The second-order valence-electron chi connectivity index (χ2n) is 1.36. The molecule has 0 saturated carbocycles. The van der Waals surface area contributed by atoms with Crippen molar-refractivity contribution in [1.29, 1.82) is 0 Å². The van der Waals surface area contributed by atoms with E-state index in [2.05, 4.69) is 11.9 Å². The van der Waals surface area contributed by atoms with Gasteiger partial charge in [0.05, 0.1) is 11.2 Å². The van der Waals surface area contributed by atoms with Gasteiger partial charge in [0, 0.05) is 4.88 Å². The molecule has 0 N–H and O–H groups in total. The summed E-state index contributed by atoms with van der Waals surface area (Å²) in [5.41, 5.74) is 2.71. The molecule has 2 heteroatoms. The molecular formula is C5H6NS.